The van der Waals surface area contributed by atoms with Crippen molar-refractivity contribution in [3.8, 4) is 0 Å². The molecule has 0 aromatic rings. The minimum atomic E-state index is -0.802. The number of carboxylic acid groups (broad SMARTS) is 1. The molecule has 2 aliphatic rings. The van der Waals surface area contributed by atoms with Crippen LogP contribution in [0.15, 0.2) is 0 Å². The topological polar surface area (TPSA) is 69.6 Å². The lowest BCUT2D eigenvalue weighted by Gasteiger charge is -2.22. The van der Waals surface area contributed by atoms with Gasteiger partial charge in [-0.15, -0.1) is 0 Å². The number of carboxylic acids is 1. The molecule has 2 aliphatic heterocycles. The number of thioether (sulfide) groups is 1. The molecule has 7 heteroatoms. The highest BCUT2D eigenvalue weighted by molar-refractivity contribution is 8.24. The first-order chi connectivity index (χ1) is 7.58. The Morgan fingerprint density at radius 2 is 2.44 bits per heavy atom. The largest absolute Gasteiger partial charge is 0.480 e. The normalized spacial score (nSPS) is 30.8. The van der Waals surface area contributed by atoms with E-state index in [0.717, 1.165) is 13.0 Å². The minimum Gasteiger partial charge on any atom is -0.480 e. The predicted molar refractivity (Wildman–Crippen MR) is 64.4 cm³/mol. The Morgan fingerprint density at radius 1 is 1.69 bits per heavy atom. The number of aliphatic carboxylic acids is 1. The summed E-state index contributed by atoms with van der Waals surface area (Å²) in [7, 11) is 0. The van der Waals surface area contributed by atoms with Crippen molar-refractivity contribution in [1.29, 1.82) is 0 Å². The molecule has 0 aromatic carbocycles. The summed E-state index contributed by atoms with van der Waals surface area (Å²) in [6.45, 7) is 1.21. The molecule has 0 radical (unpaired) electrons. The molecule has 0 bridgehead atoms. The second-order valence-corrected chi connectivity index (χ2v) is 5.75. The Labute approximate surface area is 103 Å². The summed E-state index contributed by atoms with van der Waals surface area (Å²) in [6.07, 6.45) is 1.54. The van der Waals surface area contributed by atoms with Crippen LogP contribution in [0.4, 0.5) is 0 Å². The third-order valence-corrected chi connectivity index (χ3v) is 4.17. The fourth-order valence-corrected chi connectivity index (χ4v) is 3.35. The zero-order valence-electron chi connectivity index (χ0n) is 8.51. The maximum absolute atomic E-state index is 11.5. The van der Waals surface area contributed by atoms with Crippen LogP contribution in [0.2, 0.25) is 0 Å². The van der Waals surface area contributed by atoms with Crippen LogP contribution in [0.1, 0.15) is 12.8 Å². The summed E-state index contributed by atoms with van der Waals surface area (Å²) in [5.41, 5.74) is 0. The predicted octanol–water partition coefficient (Wildman–Crippen LogP) is 0.0519. The van der Waals surface area contributed by atoms with E-state index in [1.807, 2.05) is 4.90 Å². The molecular formula is C9H12N2O3S2. The number of nitrogens with one attached hydrogen (secondary N) is 1. The Morgan fingerprint density at radius 3 is 3.00 bits per heavy atom. The third-order valence-electron chi connectivity index (χ3n) is 2.82. The van der Waals surface area contributed by atoms with Gasteiger partial charge in [0.05, 0.1) is 0 Å². The third kappa shape index (κ3) is 2.36. The van der Waals surface area contributed by atoms with Crippen molar-refractivity contribution in [3.63, 3.8) is 0 Å². The van der Waals surface area contributed by atoms with Crippen molar-refractivity contribution < 1.29 is 14.7 Å². The lowest BCUT2D eigenvalue weighted by atomic mass is 10.2. The summed E-state index contributed by atoms with van der Waals surface area (Å²) in [5.74, 6) is -0.908. The SMILES string of the molecule is O=C1NC(=S)SC1CN1CCCC1C(=O)O. The minimum absolute atomic E-state index is 0.106. The van der Waals surface area contributed by atoms with Gasteiger partial charge in [-0.05, 0) is 19.4 Å². The Hall–Kier alpha value is -0.660. The van der Waals surface area contributed by atoms with E-state index >= 15 is 0 Å². The smallest absolute Gasteiger partial charge is 0.320 e. The van der Waals surface area contributed by atoms with Gasteiger partial charge in [0.15, 0.2) is 0 Å². The van der Waals surface area contributed by atoms with Crippen LogP contribution >= 0.6 is 24.0 Å². The molecule has 2 rings (SSSR count). The average molecular weight is 260 g/mol. The monoisotopic (exact) mass is 260 g/mol. The highest BCUT2D eigenvalue weighted by Crippen LogP contribution is 2.24. The molecule has 2 heterocycles. The number of carbonyl (C=O) groups excluding carboxylic acids is 1. The Balaban J connectivity index is 1.96. The van der Waals surface area contributed by atoms with Crippen molar-refractivity contribution in [1.82, 2.24) is 10.2 Å². The number of thiocarbonyl (C=S) groups is 1. The number of rotatable bonds is 3. The second-order valence-electron chi connectivity index (χ2n) is 3.87. The molecule has 0 saturated carbocycles. The van der Waals surface area contributed by atoms with Gasteiger partial charge in [-0.2, -0.15) is 0 Å². The van der Waals surface area contributed by atoms with Crippen molar-refractivity contribution >= 4 is 40.2 Å². The van der Waals surface area contributed by atoms with E-state index in [4.69, 9.17) is 17.3 Å². The van der Waals surface area contributed by atoms with Crippen LogP contribution in [0, 0.1) is 0 Å². The zero-order valence-corrected chi connectivity index (χ0v) is 10.1. The lowest BCUT2D eigenvalue weighted by molar-refractivity contribution is -0.142. The molecule has 2 N–H and O–H groups in total. The number of hydrogen-bond donors (Lipinski definition) is 2. The van der Waals surface area contributed by atoms with E-state index in [0.29, 0.717) is 17.3 Å². The van der Waals surface area contributed by atoms with Gasteiger partial charge in [-0.25, -0.2) is 0 Å². The maximum atomic E-state index is 11.5. The summed E-state index contributed by atoms with van der Waals surface area (Å²) >= 11 is 6.20. The number of amides is 1. The van der Waals surface area contributed by atoms with E-state index < -0.39 is 12.0 Å². The quantitative estimate of drug-likeness (QED) is 0.699. The summed E-state index contributed by atoms with van der Waals surface area (Å²) in [4.78, 5) is 24.3. The van der Waals surface area contributed by atoms with Gasteiger partial charge in [-0.3, -0.25) is 14.5 Å². The fourth-order valence-electron chi connectivity index (χ4n) is 2.05. The molecule has 0 spiro atoms. The van der Waals surface area contributed by atoms with Crippen molar-refractivity contribution in [2.24, 2.45) is 0 Å². The maximum Gasteiger partial charge on any atom is 0.320 e. The first-order valence-corrected chi connectivity index (χ1v) is 6.35. The second kappa shape index (κ2) is 4.68. The molecule has 2 unspecified atom stereocenters. The molecular weight excluding hydrogens is 248 g/mol. The van der Waals surface area contributed by atoms with Crippen molar-refractivity contribution in [2.75, 3.05) is 13.1 Å². The molecule has 2 saturated heterocycles. The van der Waals surface area contributed by atoms with Gasteiger partial charge in [0.2, 0.25) is 5.91 Å². The highest BCUT2D eigenvalue weighted by atomic mass is 32.2. The highest BCUT2D eigenvalue weighted by Gasteiger charge is 2.36. The van der Waals surface area contributed by atoms with Crippen LogP contribution in [0.3, 0.4) is 0 Å². The first-order valence-electron chi connectivity index (χ1n) is 5.06. The first kappa shape index (κ1) is 11.8. The van der Waals surface area contributed by atoms with Crippen molar-refractivity contribution in [2.45, 2.75) is 24.1 Å². The molecule has 2 fully saturated rings. The molecule has 1 amide bonds. The Bertz CT molecular complexity index is 348. The van der Waals surface area contributed by atoms with Gasteiger partial charge < -0.3 is 10.4 Å². The molecule has 5 nitrogen and oxygen atoms in total. The molecule has 0 aliphatic carbocycles. The number of hydrogen-bond acceptors (Lipinski definition) is 5. The summed E-state index contributed by atoms with van der Waals surface area (Å²) in [6, 6.07) is -0.442. The standard InChI is InChI=1S/C9H12N2O3S2/c12-7-6(16-9(15)10-7)4-11-3-1-2-5(11)8(13)14/h5-6H,1-4H2,(H,13,14)(H,10,12,15). The van der Waals surface area contributed by atoms with E-state index in [1.165, 1.54) is 11.8 Å². The number of nitrogens with zero attached hydrogens (tertiary/aromatic N) is 1. The van der Waals surface area contributed by atoms with Crippen molar-refractivity contribution in [3.05, 3.63) is 0 Å². The van der Waals surface area contributed by atoms with E-state index in [-0.39, 0.29) is 11.2 Å². The van der Waals surface area contributed by atoms with Crippen LogP contribution in [-0.2, 0) is 9.59 Å². The van der Waals surface area contributed by atoms with Crippen LogP contribution in [0.5, 0.6) is 0 Å². The van der Waals surface area contributed by atoms with Crippen LogP contribution in [0.25, 0.3) is 0 Å². The Kier molecular flexibility index (Phi) is 3.46. The van der Waals surface area contributed by atoms with Gasteiger partial charge in [0, 0.05) is 6.54 Å². The number of likely N-dealkylation sites (tertiary alicyclic amines) is 1. The van der Waals surface area contributed by atoms with Gasteiger partial charge >= 0.3 is 5.97 Å². The van der Waals surface area contributed by atoms with E-state index in [2.05, 4.69) is 5.32 Å². The fraction of sp³-hybridized carbons (Fsp3) is 0.667. The van der Waals surface area contributed by atoms with Gasteiger partial charge in [-0.1, -0.05) is 24.0 Å². The van der Waals surface area contributed by atoms with E-state index in [9.17, 15) is 9.59 Å². The van der Waals surface area contributed by atoms with Gasteiger partial charge in [0.1, 0.15) is 15.6 Å². The summed E-state index contributed by atoms with van der Waals surface area (Å²) < 4.78 is 0.487. The van der Waals surface area contributed by atoms with E-state index in [1.54, 1.807) is 0 Å². The van der Waals surface area contributed by atoms with Crippen LogP contribution < -0.4 is 5.32 Å². The molecule has 0 aromatic heterocycles. The molecule has 2 atom stereocenters. The van der Waals surface area contributed by atoms with Crippen LogP contribution in [-0.4, -0.2) is 50.6 Å². The molecule has 16 heavy (non-hydrogen) atoms. The number of carbonyl (C=O) groups is 2. The lowest BCUT2D eigenvalue weighted by Crippen LogP contribution is -2.42. The zero-order chi connectivity index (χ0) is 11.7. The van der Waals surface area contributed by atoms with Gasteiger partial charge in [0.25, 0.3) is 0 Å². The molecule has 88 valence electrons. The average Bonchev–Trinajstić information content (AvgIpc) is 2.75. The summed E-state index contributed by atoms with van der Waals surface area (Å²) in [5, 5.41) is 11.3.